The van der Waals surface area contributed by atoms with Gasteiger partial charge in [-0.1, -0.05) is 13.3 Å². The number of aromatic nitrogens is 5. The first-order valence-corrected chi connectivity index (χ1v) is 8.02. The highest BCUT2D eigenvalue weighted by Gasteiger charge is 2.16. The van der Waals surface area contributed by atoms with Gasteiger partial charge in [0.1, 0.15) is 12.2 Å². The van der Waals surface area contributed by atoms with Gasteiger partial charge >= 0.3 is 5.97 Å². The Bertz CT molecular complexity index is 845. The molecule has 0 aromatic carbocycles. The summed E-state index contributed by atoms with van der Waals surface area (Å²) in [7, 11) is 0. The largest absolute Gasteiger partial charge is 0.466 e. The fraction of sp³-hybridized carbons (Fsp3) is 0.353. The van der Waals surface area contributed by atoms with Crippen molar-refractivity contribution in [2.45, 2.75) is 33.1 Å². The van der Waals surface area contributed by atoms with Crippen LogP contribution in [0.25, 0.3) is 16.9 Å². The number of rotatable bonds is 6. The number of pyridine rings is 1. The third-order valence-corrected chi connectivity index (χ3v) is 3.58. The number of nitrogens with zero attached hydrogens (tertiary/aromatic N) is 5. The summed E-state index contributed by atoms with van der Waals surface area (Å²) in [5, 5.41) is 8.36. The van der Waals surface area contributed by atoms with Crippen LogP contribution in [0.4, 0.5) is 0 Å². The summed E-state index contributed by atoms with van der Waals surface area (Å²) in [5.74, 6) is 0.233. The summed E-state index contributed by atoms with van der Waals surface area (Å²) < 4.78 is 6.84. The van der Waals surface area contributed by atoms with Crippen LogP contribution < -0.4 is 0 Å². The maximum absolute atomic E-state index is 11.8. The zero-order chi connectivity index (χ0) is 16.9. The van der Waals surface area contributed by atoms with E-state index in [9.17, 15) is 4.79 Å². The molecule has 3 aromatic heterocycles. The van der Waals surface area contributed by atoms with Gasteiger partial charge in [0.2, 0.25) is 0 Å². The minimum absolute atomic E-state index is 0.0804. The second kappa shape index (κ2) is 7.16. The van der Waals surface area contributed by atoms with Crippen molar-refractivity contribution < 1.29 is 9.53 Å². The van der Waals surface area contributed by atoms with Crippen LogP contribution in [0.2, 0.25) is 0 Å². The minimum Gasteiger partial charge on any atom is -0.466 e. The Hall–Kier alpha value is -2.83. The highest BCUT2D eigenvalue weighted by molar-refractivity contribution is 5.72. The molecule has 0 amide bonds. The molecule has 24 heavy (non-hydrogen) atoms. The molecule has 0 fully saturated rings. The van der Waals surface area contributed by atoms with Crippen LogP contribution in [0.15, 0.2) is 30.7 Å². The zero-order valence-corrected chi connectivity index (χ0v) is 13.8. The molecular weight excluding hydrogens is 306 g/mol. The first kappa shape index (κ1) is 16.0. The van der Waals surface area contributed by atoms with Crippen LogP contribution in [0, 0.1) is 0 Å². The third-order valence-electron chi connectivity index (χ3n) is 3.58. The van der Waals surface area contributed by atoms with Gasteiger partial charge in [0.05, 0.1) is 18.0 Å². The van der Waals surface area contributed by atoms with Crippen LogP contribution in [-0.2, 0) is 22.4 Å². The lowest BCUT2D eigenvalue weighted by Gasteiger charge is -2.07. The Morgan fingerprint density at radius 2 is 2.17 bits per heavy atom. The van der Waals surface area contributed by atoms with E-state index in [4.69, 9.17) is 9.72 Å². The Kier molecular flexibility index (Phi) is 4.79. The fourth-order valence-corrected chi connectivity index (χ4v) is 2.52. The molecule has 0 aliphatic carbocycles. The third kappa shape index (κ3) is 3.24. The molecule has 0 saturated heterocycles. The molecule has 0 saturated carbocycles. The molecule has 0 radical (unpaired) electrons. The maximum atomic E-state index is 11.8. The second-order valence-electron chi connectivity index (χ2n) is 5.36. The van der Waals surface area contributed by atoms with Gasteiger partial charge in [-0.05, 0) is 25.5 Å². The maximum Gasteiger partial charge on any atom is 0.313 e. The van der Waals surface area contributed by atoms with Crippen molar-refractivity contribution in [3.8, 4) is 11.3 Å². The number of carbonyl (C=O) groups excluding carboxylic acids is 1. The summed E-state index contributed by atoms with van der Waals surface area (Å²) in [4.78, 5) is 20.6. The molecule has 0 bridgehead atoms. The molecule has 3 heterocycles. The van der Waals surface area contributed by atoms with Gasteiger partial charge < -0.3 is 4.74 Å². The summed E-state index contributed by atoms with van der Waals surface area (Å²) in [6.45, 7) is 4.22. The van der Waals surface area contributed by atoms with Gasteiger partial charge in [-0.15, -0.1) is 10.2 Å². The molecule has 3 aromatic rings. The Morgan fingerprint density at radius 1 is 1.29 bits per heavy atom. The Morgan fingerprint density at radius 3 is 2.88 bits per heavy atom. The molecule has 0 atom stereocenters. The lowest BCUT2D eigenvalue weighted by Crippen LogP contribution is -2.11. The number of esters is 1. The SMILES string of the molecule is CCCc1nc(-c2cccnc2)cn2c(CC(=O)OCC)nnc12. The van der Waals surface area contributed by atoms with Gasteiger partial charge in [0.25, 0.3) is 0 Å². The van der Waals surface area contributed by atoms with Crippen LogP contribution in [0.3, 0.4) is 0 Å². The van der Waals surface area contributed by atoms with E-state index in [1.54, 1.807) is 19.3 Å². The van der Waals surface area contributed by atoms with Crippen molar-refractivity contribution in [3.63, 3.8) is 0 Å². The van der Waals surface area contributed by atoms with Crippen LogP contribution in [0.5, 0.6) is 0 Å². The number of aryl methyl sites for hydroxylation is 1. The monoisotopic (exact) mass is 325 g/mol. The lowest BCUT2D eigenvalue weighted by molar-refractivity contribution is -0.142. The quantitative estimate of drug-likeness (QED) is 0.646. The molecule has 0 spiro atoms. The van der Waals surface area contributed by atoms with E-state index in [-0.39, 0.29) is 12.4 Å². The summed E-state index contributed by atoms with van der Waals surface area (Å²) in [6.07, 6.45) is 7.14. The van der Waals surface area contributed by atoms with Crippen molar-refractivity contribution in [2.75, 3.05) is 6.61 Å². The van der Waals surface area contributed by atoms with Crippen molar-refractivity contribution in [2.24, 2.45) is 0 Å². The van der Waals surface area contributed by atoms with Crippen molar-refractivity contribution in [1.29, 1.82) is 0 Å². The van der Waals surface area contributed by atoms with E-state index in [0.29, 0.717) is 18.1 Å². The molecule has 7 heteroatoms. The predicted molar refractivity (Wildman–Crippen MR) is 88.3 cm³/mol. The predicted octanol–water partition coefficient (Wildman–Crippen LogP) is 2.24. The lowest BCUT2D eigenvalue weighted by atomic mass is 10.2. The van der Waals surface area contributed by atoms with E-state index >= 15 is 0 Å². The van der Waals surface area contributed by atoms with Crippen LogP contribution >= 0.6 is 0 Å². The second-order valence-corrected chi connectivity index (χ2v) is 5.36. The van der Waals surface area contributed by atoms with E-state index in [2.05, 4.69) is 22.1 Å². The van der Waals surface area contributed by atoms with Gasteiger partial charge in [0, 0.05) is 24.2 Å². The van der Waals surface area contributed by atoms with Gasteiger partial charge in [-0.25, -0.2) is 4.98 Å². The summed E-state index contributed by atoms with van der Waals surface area (Å²) >= 11 is 0. The van der Waals surface area contributed by atoms with Crippen LogP contribution in [0.1, 0.15) is 31.8 Å². The number of ether oxygens (including phenoxy) is 1. The fourth-order valence-electron chi connectivity index (χ4n) is 2.52. The summed E-state index contributed by atoms with van der Waals surface area (Å²) in [6, 6.07) is 3.82. The Balaban J connectivity index is 2.09. The highest BCUT2D eigenvalue weighted by atomic mass is 16.5. The summed E-state index contributed by atoms with van der Waals surface area (Å²) in [5.41, 5.74) is 3.24. The number of hydrogen-bond donors (Lipinski definition) is 0. The topological polar surface area (TPSA) is 82.3 Å². The van der Waals surface area contributed by atoms with Gasteiger partial charge in [-0.3, -0.25) is 14.2 Å². The van der Waals surface area contributed by atoms with Crippen molar-refractivity contribution in [1.82, 2.24) is 24.6 Å². The average Bonchev–Trinajstić information content (AvgIpc) is 2.99. The smallest absolute Gasteiger partial charge is 0.313 e. The minimum atomic E-state index is -0.316. The number of fused-ring (bicyclic) bond motifs is 1. The molecule has 124 valence electrons. The molecule has 3 rings (SSSR count). The number of hydrogen-bond acceptors (Lipinski definition) is 6. The highest BCUT2D eigenvalue weighted by Crippen LogP contribution is 2.20. The Labute approximate surface area is 139 Å². The van der Waals surface area contributed by atoms with Crippen molar-refractivity contribution >= 4 is 11.6 Å². The first-order chi connectivity index (χ1) is 11.7. The van der Waals surface area contributed by atoms with E-state index in [1.165, 1.54) is 0 Å². The molecule has 0 unspecified atom stereocenters. The van der Waals surface area contributed by atoms with E-state index < -0.39 is 0 Å². The molecule has 0 aliphatic heterocycles. The van der Waals surface area contributed by atoms with Crippen LogP contribution in [-0.4, -0.2) is 37.1 Å². The molecule has 7 nitrogen and oxygen atoms in total. The number of carbonyl (C=O) groups is 1. The molecule has 0 N–H and O–H groups in total. The van der Waals surface area contributed by atoms with Gasteiger partial charge in [0.15, 0.2) is 5.65 Å². The zero-order valence-electron chi connectivity index (χ0n) is 13.8. The van der Waals surface area contributed by atoms with Gasteiger partial charge in [-0.2, -0.15) is 0 Å². The normalized spacial score (nSPS) is 10.9. The molecule has 0 aliphatic rings. The first-order valence-electron chi connectivity index (χ1n) is 8.02. The van der Waals surface area contributed by atoms with Crippen molar-refractivity contribution in [3.05, 3.63) is 42.2 Å². The van der Waals surface area contributed by atoms with E-state index in [0.717, 1.165) is 29.8 Å². The molecular formula is C17H19N5O2. The van der Waals surface area contributed by atoms with E-state index in [1.807, 2.05) is 22.7 Å². The average molecular weight is 325 g/mol. The standard InChI is InChI=1S/C17H19N5O2/c1-3-6-13-17-21-20-15(9-16(23)24-4-2)22(17)11-14(19-13)12-7-5-8-18-10-12/h5,7-8,10-11H,3-4,6,9H2,1-2H3.